The molecule has 3 heterocycles. The smallest absolute Gasteiger partial charge is 0.196 e. The van der Waals surface area contributed by atoms with Gasteiger partial charge in [-0.1, -0.05) is 6.92 Å². The normalized spacial score (nSPS) is 54.4. The molecule has 8 N–H and O–H groups in total. The van der Waals surface area contributed by atoms with Crippen LogP contribution in [0.1, 0.15) is 71.6 Å². The number of carbonyl (C=O) groups excluding carboxylic acids is 1. The SMILES string of the molecule is C[C@H]1O[C@@H](O[C@H]2CC[C@@]3(CO)[C@H](CC[C@@H]4[C@@H]3CC[C@]3(C)[C@@H](C5=CC(=O)CO5)CC[C@]43O)C2)[C@H](O)[C@H](O)[C@@H]1O[C@@H]1O[C@H](CO)[C@@H](O)[C@H](O)[C@H]1O. The molecule has 0 unspecified atom stereocenters. The highest BCUT2D eigenvalue weighted by molar-refractivity contribution is 5.93. The van der Waals surface area contributed by atoms with Gasteiger partial charge in [-0.25, -0.2) is 0 Å². The van der Waals surface area contributed by atoms with Gasteiger partial charge in [0, 0.05) is 24.0 Å². The minimum Gasteiger partial charge on any atom is -0.489 e. The van der Waals surface area contributed by atoms with Crippen LogP contribution in [-0.4, -0.2) is 140 Å². The number of rotatable bonds is 7. The van der Waals surface area contributed by atoms with E-state index in [0.29, 0.717) is 31.4 Å². The van der Waals surface area contributed by atoms with Crippen molar-refractivity contribution in [2.45, 2.75) is 145 Å². The lowest BCUT2D eigenvalue weighted by Crippen LogP contribution is -2.64. The molecule has 4 saturated carbocycles. The minimum atomic E-state index is -1.68. The van der Waals surface area contributed by atoms with E-state index >= 15 is 0 Å². The first-order valence-corrected chi connectivity index (χ1v) is 18.1. The van der Waals surface area contributed by atoms with Crippen molar-refractivity contribution in [3.8, 4) is 0 Å². The van der Waals surface area contributed by atoms with Crippen LogP contribution in [0.5, 0.6) is 0 Å². The first-order valence-electron chi connectivity index (χ1n) is 18.1. The standard InChI is InChI=1S/C35H54O14/c1-16-30(49-32-28(42)26(40)25(39)24(13-36)48-32)27(41)29(43)31(46-16)47-19-5-9-34(15-37)17(11-19)3-4-21-20(34)6-8-33(2)22(7-10-35(21,33)44)23-12-18(38)14-45-23/h12,16-17,19-22,24-32,36-37,39-44H,3-11,13-15H2,1-2H3/t16-,17-,19+,20+,21-,22-,24-,25-,26+,27+,28-,29-,30-,31+,32+,33-,34-,35+/m1/s1. The average Bonchev–Trinajstić information content (AvgIpc) is 3.64. The fraction of sp³-hybridized carbons (Fsp3) is 0.914. The van der Waals surface area contributed by atoms with Gasteiger partial charge in [0.1, 0.15) is 48.5 Å². The van der Waals surface area contributed by atoms with Gasteiger partial charge in [0.2, 0.25) is 0 Å². The van der Waals surface area contributed by atoms with Crippen molar-refractivity contribution in [2.24, 2.45) is 34.5 Å². The molecule has 0 aromatic carbocycles. The molecule has 7 rings (SSSR count). The zero-order valence-electron chi connectivity index (χ0n) is 28.3. The number of ether oxygens (including phenoxy) is 5. The molecular weight excluding hydrogens is 644 g/mol. The maximum atomic E-state index is 12.5. The maximum Gasteiger partial charge on any atom is 0.196 e. The molecule has 14 heteroatoms. The van der Waals surface area contributed by atoms with Crippen LogP contribution in [0.15, 0.2) is 11.8 Å². The first-order chi connectivity index (χ1) is 23.3. The zero-order valence-corrected chi connectivity index (χ0v) is 28.3. The minimum absolute atomic E-state index is 0.00120. The van der Waals surface area contributed by atoms with E-state index in [4.69, 9.17) is 23.7 Å². The van der Waals surface area contributed by atoms with Crippen molar-refractivity contribution < 1.29 is 69.3 Å². The van der Waals surface area contributed by atoms with E-state index in [2.05, 4.69) is 6.92 Å². The van der Waals surface area contributed by atoms with Gasteiger partial charge in [-0.3, -0.25) is 4.79 Å². The maximum absolute atomic E-state index is 12.5. The van der Waals surface area contributed by atoms with Crippen molar-refractivity contribution >= 4 is 5.78 Å². The Hall–Kier alpha value is -1.27. The van der Waals surface area contributed by atoms with E-state index in [1.807, 2.05) is 0 Å². The molecule has 6 fully saturated rings. The predicted octanol–water partition coefficient (Wildman–Crippen LogP) is -0.747. The van der Waals surface area contributed by atoms with Crippen LogP contribution in [0, 0.1) is 34.5 Å². The first kappa shape index (κ1) is 36.1. The van der Waals surface area contributed by atoms with Crippen molar-refractivity contribution in [3.63, 3.8) is 0 Å². The number of ketones is 1. The van der Waals surface area contributed by atoms with Crippen molar-refractivity contribution in [1.82, 2.24) is 0 Å². The van der Waals surface area contributed by atoms with Gasteiger partial charge >= 0.3 is 0 Å². The molecule has 49 heavy (non-hydrogen) atoms. The second kappa shape index (κ2) is 13.3. The predicted molar refractivity (Wildman–Crippen MR) is 167 cm³/mol. The van der Waals surface area contributed by atoms with Crippen LogP contribution in [0.3, 0.4) is 0 Å². The molecule has 3 aliphatic heterocycles. The van der Waals surface area contributed by atoms with Gasteiger partial charge in [-0.2, -0.15) is 0 Å². The number of fused-ring (bicyclic) bond motifs is 5. The number of carbonyl (C=O) groups is 1. The summed E-state index contributed by atoms with van der Waals surface area (Å²) in [5.74, 6) is 0.967. The Morgan fingerprint density at radius 3 is 2.27 bits per heavy atom. The summed E-state index contributed by atoms with van der Waals surface area (Å²) in [5.41, 5.74) is -1.71. The summed E-state index contributed by atoms with van der Waals surface area (Å²) >= 11 is 0. The molecule has 278 valence electrons. The topological polar surface area (TPSA) is 225 Å². The second-order valence-corrected chi connectivity index (χ2v) is 16.2. The van der Waals surface area contributed by atoms with Gasteiger partial charge in [0.15, 0.2) is 25.0 Å². The zero-order chi connectivity index (χ0) is 35.0. The van der Waals surface area contributed by atoms with E-state index in [0.717, 1.165) is 32.1 Å². The Labute approximate surface area is 285 Å². The molecule has 2 saturated heterocycles. The van der Waals surface area contributed by atoms with E-state index in [9.17, 15) is 45.6 Å². The monoisotopic (exact) mass is 698 g/mol. The van der Waals surface area contributed by atoms with Crippen molar-refractivity contribution in [3.05, 3.63) is 11.8 Å². The summed E-state index contributed by atoms with van der Waals surface area (Å²) in [6.07, 6.45) is -5.90. The quantitative estimate of drug-likeness (QED) is 0.153. The third kappa shape index (κ3) is 5.64. The Kier molecular flexibility index (Phi) is 9.80. The van der Waals surface area contributed by atoms with E-state index in [1.54, 1.807) is 13.0 Å². The van der Waals surface area contributed by atoms with Gasteiger partial charge < -0.3 is 64.5 Å². The number of hydrogen-bond donors (Lipinski definition) is 8. The number of aliphatic hydroxyl groups is 8. The Balaban J connectivity index is 0.995. The third-order valence-electron chi connectivity index (χ3n) is 14.1. The lowest BCUT2D eigenvalue weighted by Gasteiger charge is -2.64. The van der Waals surface area contributed by atoms with E-state index < -0.39 is 79.0 Å². The molecular formula is C35H54O14. The summed E-state index contributed by atoms with van der Waals surface area (Å²) in [7, 11) is 0. The Morgan fingerprint density at radius 1 is 0.837 bits per heavy atom. The molecule has 0 bridgehead atoms. The number of aliphatic hydroxyl groups excluding tert-OH is 7. The van der Waals surface area contributed by atoms with Crippen LogP contribution in [0.2, 0.25) is 0 Å². The van der Waals surface area contributed by atoms with Crippen LogP contribution >= 0.6 is 0 Å². The highest BCUT2D eigenvalue weighted by atomic mass is 16.7. The summed E-state index contributed by atoms with van der Waals surface area (Å²) in [4.78, 5) is 12.0. The lowest BCUT2D eigenvalue weighted by molar-refractivity contribution is -0.360. The van der Waals surface area contributed by atoms with Crippen LogP contribution in [0.25, 0.3) is 0 Å². The Morgan fingerprint density at radius 2 is 1.57 bits per heavy atom. The number of hydrogen-bond acceptors (Lipinski definition) is 14. The summed E-state index contributed by atoms with van der Waals surface area (Å²) in [6, 6.07) is 0. The largest absolute Gasteiger partial charge is 0.489 e. The Bertz CT molecular complexity index is 1260. The molecule has 4 aliphatic carbocycles. The summed E-state index contributed by atoms with van der Waals surface area (Å²) in [5, 5.41) is 85.8. The molecule has 0 amide bonds. The van der Waals surface area contributed by atoms with Crippen LogP contribution in [0.4, 0.5) is 0 Å². The van der Waals surface area contributed by atoms with Crippen molar-refractivity contribution in [2.75, 3.05) is 19.8 Å². The highest BCUT2D eigenvalue weighted by Gasteiger charge is 2.69. The molecule has 7 aliphatic rings. The third-order valence-corrected chi connectivity index (χ3v) is 14.1. The second-order valence-electron chi connectivity index (χ2n) is 16.2. The molecule has 0 spiro atoms. The molecule has 18 atom stereocenters. The molecule has 0 aromatic rings. The molecule has 0 radical (unpaired) electrons. The van der Waals surface area contributed by atoms with Gasteiger partial charge in [0.05, 0.1) is 24.4 Å². The molecule has 14 nitrogen and oxygen atoms in total. The lowest BCUT2D eigenvalue weighted by atomic mass is 9.43. The fourth-order valence-corrected chi connectivity index (χ4v) is 11.3. The van der Waals surface area contributed by atoms with E-state index in [1.165, 1.54) is 0 Å². The van der Waals surface area contributed by atoms with Gasteiger partial charge in [0.25, 0.3) is 0 Å². The summed E-state index contributed by atoms with van der Waals surface area (Å²) in [6.45, 7) is 3.21. The molecule has 0 aromatic heterocycles. The van der Waals surface area contributed by atoms with Crippen LogP contribution in [-0.2, 0) is 28.5 Å². The fourth-order valence-electron chi connectivity index (χ4n) is 11.3. The van der Waals surface area contributed by atoms with Crippen molar-refractivity contribution in [1.29, 1.82) is 0 Å². The average molecular weight is 699 g/mol. The van der Waals surface area contributed by atoms with Crippen LogP contribution < -0.4 is 0 Å². The van der Waals surface area contributed by atoms with E-state index in [-0.39, 0.29) is 54.2 Å². The van der Waals surface area contributed by atoms with Gasteiger partial charge in [-0.05, 0) is 87.9 Å². The highest BCUT2D eigenvalue weighted by Crippen LogP contribution is 2.70. The summed E-state index contributed by atoms with van der Waals surface area (Å²) < 4.78 is 29.3. The van der Waals surface area contributed by atoms with Gasteiger partial charge in [-0.15, -0.1) is 0 Å². The number of allylic oxidation sites excluding steroid dienone is 1.